The van der Waals surface area contributed by atoms with Gasteiger partial charge in [0.25, 0.3) is 10.0 Å². The Kier molecular flexibility index (Phi) is 10.6. The minimum atomic E-state index is -4.93. The highest BCUT2D eigenvalue weighted by atomic mass is 35.5. The monoisotopic (exact) mass is 597 g/mol. The van der Waals surface area contributed by atoms with Gasteiger partial charge in [-0.15, -0.1) is 34.5 Å². The molecule has 1 aromatic heterocycles. The summed E-state index contributed by atoms with van der Waals surface area (Å²) in [6.07, 6.45) is 0.257. The van der Waals surface area contributed by atoms with Gasteiger partial charge in [0.1, 0.15) is 9.49 Å². The third-order valence-corrected chi connectivity index (χ3v) is 11.5. The highest BCUT2D eigenvalue weighted by Gasteiger charge is 2.47. The minimum Gasteiger partial charge on any atom is -0.487 e. The lowest BCUT2D eigenvalue weighted by molar-refractivity contribution is 0.250. The summed E-state index contributed by atoms with van der Waals surface area (Å²) in [6, 6.07) is 0. The van der Waals surface area contributed by atoms with Crippen LogP contribution in [-0.2, 0) is 14.6 Å². The maximum atomic E-state index is 15.6. The van der Waals surface area contributed by atoms with Crippen molar-refractivity contribution in [3.05, 3.63) is 17.2 Å². The Bertz CT molecular complexity index is 1200. The Labute approximate surface area is 217 Å². The molecule has 1 heterocycles. The van der Waals surface area contributed by atoms with Gasteiger partial charge in [-0.2, -0.15) is 4.72 Å². The van der Waals surface area contributed by atoms with Crippen molar-refractivity contribution in [2.75, 3.05) is 25.0 Å². The van der Waals surface area contributed by atoms with E-state index in [4.69, 9.17) is 32.7 Å². The fourth-order valence-electron chi connectivity index (χ4n) is 3.46. The summed E-state index contributed by atoms with van der Waals surface area (Å²) in [4.78, 5) is 19.7. The van der Waals surface area contributed by atoms with Crippen LogP contribution in [0.5, 0.6) is 11.5 Å². The average Bonchev–Trinajstić information content (AvgIpc) is 3.15. The van der Waals surface area contributed by atoms with Crippen LogP contribution in [0.1, 0.15) is 45.1 Å². The lowest BCUT2D eigenvalue weighted by atomic mass is 10.1. The molecule has 1 aromatic carbocycles. The summed E-state index contributed by atoms with van der Waals surface area (Å²) < 4.78 is 81.8. The Morgan fingerprint density at radius 2 is 1.51 bits per heavy atom. The number of benzene rings is 1. The molecule has 0 bridgehead atoms. The molecule has 0 amide bonds. The molecule has 2 aromatic rings. The van der Waals surface area contributed by atoms with E-state index in [9.17, 15) is 22.8 Å². The van der Waals surface area contributed by atoms with E-state index in [-0.39, 0.29) is 53.5 Å². The number of aryl methyl sites for hydroxylation is 1. The molecule has 0 radical (unpaired) electrons. The molecular formula is C20H28Cl2F2NO7PS2. The predicted molar refractivity (Wildman–Crippen MR) is 134 cm³/mol. The number of thiophene rings is 1. The second-order valence-electron chi connectivity index (χ2n) is 7.68. The van der Waals surface area contributed by atoms with Crippen LogP contribution in [0, 0.1) is 18.6 Å². The smallest absolute Gasteiger partial charge is 0.346 e. The van der Waals surface area contributed by atoms with Crippen molar-refractivity contribution in [3.63, 3.8) is 0 Å². The molecule has 0 atom stereocenters. The van der Waals surface area contributed by atoms with Crippen LogP contribution in [0.25, 0.3) is 10.1 Å². The number of ether oxygens (including phenoxy) is 2. The van der Waals surface area contributed by atoms with Gasteiger partial charge >= 0.3 is 7.60 Å². The number of nitrogens with one attached hydrogen (secondary N) is 1. The van der Waals surface area contributed by atoms with Crippen molar-refractivity contribution in [1.29, 1.82) is 0 Å². The van der Waals surface area contributed by atoms with Gasteiger partial charge in [0, 0.05) is 17.1 Å². The van der Waals surface area contributed by atoms with Gasteiger partial charge in [-0.1, -0.05) is 13.8 Å². The summed E-state index contributed by atoms with van der Waals surface area (Å²) in [6.45, 7) is 4.06. The molecule has 2 rings (SSSR count). The van der Waals surface area contributed by atoms with Gasteiger partial charge in [-0.05, 0) is 38.2 Å². The number of hydrogen-bond acceptors (Lipinski definition) is 6. The van der Waals surface area contributed by atoms with E-state index in [2.05, 4.69) is 4.72 Å². The lowest BCUT2D eigenvalue weighted by Crippen LogP contribution is -2.47. The molecule has 0 saturated heterocycles. The lowest BCUT2D eigenvalue weighted by Gasteiger charge is -2.32. The van der Waals surface area contributed by atoms with Gasteiger partial charge in [0.2, 0.25) is 11.5 Å². The van der Waals surface area contributed by atoms with Gasteiger partial charge in [0.15, 0.2) is 11.6 Å². The standard InChI is InChI=1S/C20H28Cl2F2NO7PS2/c1-4-20(5-2,33(26,27)28)25-35(29,30)19-12(3)13-14(23)16(31-10-6-8-21)17(32-11-7-9-22)15(24)18(13)34-19/h25H,4-11H2,1-3H3,(H2,26,27,28). The van der Waals surface area contributed by atoms with Crippen LogP contribution in [0.4, 0.5) is 8.78 Å². The molecule has 0 aliphatic rings. The number of sulfonamides is 1. The van der Waals surface area contributed by atoms with E-state index >= 15 is 8.78 Å². The summed E-state index contributed by atoms with van der Waals surface area (Å²) >= 11 is 11.7. The molecule has 0 fully saturated rings. The van der Waals surface area contributed by atoms with Crippen molar-refractivity contribution in [2.45, 2.75) is 55.9 Å². The molecule has 15 heteroatoms. The average molecular weight is 598 g/mol. The van der Waals surface area contributed by atoms with Gasteiger partial charge < -0.3 is 19.3 Å². The summed E-state index contributed by atoms with van der Waals surface area (Å²) in [5.74, 6) is -2.62. The highest BCUT2D eigenvalue weighted by molar-refractivity contribution is 7.92. The first-order valence-electron chi connectivity index (χ1n) is 10.7. The zero-order chi connectivity index (χ0) is 26.6. The predicted octanol–water partition coefficient (Wildman–Crippen LogP) is 5.48. The quantitative estimate of drug-likeness (QED) is 0.150. The zero-order valence-corrected chi connectivity index (χ0v) is 23.4. The summed E-state index contributed by atoms with van der Waals surface area (Å²) in [5.41, 5.74) is -0.129. The van der Waals surface area contributed by atoms with Crippen LogP contribution < -0.4 is 14.2 Å². The van der Waals surface area contributed by atoms with Gasteiger partial charge in [-0.25, -0.2) is 17.2 Å². The van der Waals surface area contributed by atoms with Crippen molar-refractivity contribution >= 4 is 62.2 Å². The van der Waals surface area contributed by atoms with E-state index in [1.54, 1.807) is 0 Å². The van der Waals surface area contributed by atoms with Crippen molar-refractivity contribution < 1.29 is 41.0 Å². The maximum absolute atomic E-state index is 15.6. The Balaban J connectivity index is 2.73. The molecule has 0 aliphatic heterocycles. The van der Waals surface area contributed by atoms with Gasteiger partial charge in [-0.3, -0.25) is 4.57 Å². The van der Waals surface area contributed by atoms with E-state index in [0.717, 1.165) is 0 Å². The van der Waals surface area contributed by atoms with E-state index in [1.165, 1.54) is 20.8 Å². The number of rotatable bonds is 14. The molecule has 0 unspecified atom stereocenters. The van der Waals surface area contributed by atoms with Gasteiger partial charge in [0.05, 0.1) is 17.9 Å². The summed E-state index contributed by atoms with van der Waals surface area (Å²) in [7, 11) is -9.53. The number of fused-ring (bicyclic) bond motifs is 1. The van der Waals surface area contributed by atoms with Crippen LogP contribution >= 0.6 is 42.1 Å². The fourth-order valence-corrected chi connectivity index (χ4v) is 8.51. The van der Waals surface area contributed by atoms with E-state index < -0.39 is 50.2 Å². The largest absolute Gasteiger partial charge is 0.487 e. The van der Waals surface area contributed by atoms with Crippen molar-refractivity contribution in [3.8, 4) is 11.5 Å². The Morgan fingerprint density at radius 3 is 1.94 bits per heavy atom. The molecule has 8 nitrogen and oxygen atoms in total. The van der Waals surface area contributed by atoms with Crippen molar-refractivity contribution in [2.24, 2.45) is 0 Å². The minimum absolute atomic E-state index is 0.0356. The fraction of sp³-hybridized carbons (Fsp3) is 0.600. The van der Waals surface area contributed by atoms with Crippen LogP contribution in [0.3, 0.4) is 0 Å². The molecular weight excluding hydrogens is 570 g/mol. The molecule has 0 saturated carbocycles. The third-order valence-electron chi connectivity index (χ3n) is 5.47. The second kappa shape index (κ2) is 12.2. The number of alkyl halides is 2. The second-order valence-corrected chi connectivity index (χ2v) is 13.3. The van der Waals surface area contributed by atoms with E-state index in [1.807, 2.05) is 0 Å². The number of halogens is 4. The molecule has 200 valence electrons. The van der Waals surface area contributed by atoms with Crippen LogP contribution in [-0.4, -0.2) is 48.5 Å². The molecule has 35 heavy (non-hydrogen) atoms. The zero-order valence-electron chi connectivity index (χ0n) is 19.4. The normalized spacial score (nSPS) is 12.9. The molecule has 0 spiro atoms. The SMILES string of the molecule is CCC(CC)(NS(=O)(=O)c1sc2c(F)c(OCCCCl)c(OCCCCl)c(F)c2c1C)P(=O)(O)O. The Morgan fingerprint density at radius 1 is 1.03 bits per heavy atom. The molecule has 3 N–H and O–H groups in total. The molecule has 0 aliphatic carbocycles. The topological polar surface area (TPSA) is 122 Å². The summed E-state index contributed by atoms with van der Waals surface area (Å²) in [5, 5.41) is -2.40. The first kappa shape index (κ1) is 30.5. The van der Waals surface area contributed by atoms with Crippen LogP contribution in [0.2, 0.25) is 0 Å². The number of hydrogen-bond donors (Lipinski definition) is 3. The van der Waals surface area contributed by atoms with E-state index in [0.29, 0.717) is 24.2 Å². The first-order valence-corrected chi connectivity index (χ1v) is 15.7. The maximum Gasteiger partial charge on any atom is 0.346 e. The Hall–Kier alpha value is -0.720. The van der Waals surface area contributed by atoms with Crippen LogP contribution in [0.15, 0.2) is 4.21 Å². The first-order chi connectivity index (χ1) is 16.3. The third kappa shape index (κ3) is 6.23. The van der Waals surface area contributed by atoms with Crippen molar-refractivity contribution in [1.82, 2.24) is 4.72 Å². The highest BCUT2D eigenvalue weighted by Crippen LogP contribution is 2.54.